The summed E-state index contributed by atoms with van der Waals surface area (Å²) in [5.74, 6) is -0.0779. The van der Waals surface area contributed by atoms with Crippen LogP contribution >= 0.6 is 0 Å². The zero-order valence-electron chi connectivity index (χ0n) is 11.7. The molecule has 1 aliphatic heterocycles. The molecule has 1 saturated heterocycles. The summed E-state index contributed by atoms with van der Waals surface area (Å²) in [6, 6.07) is 11.4. The van der Waals surface area contributed by atoms with E-state index in [1.807, 2.05) is 36.4 Å². The van der Waals surface area contributed by atoms with Gasteiger partial charge in [0, 0.05) is 17.8 Å². The van der Waals surface area contributed by atoms with Gasteiger partial charge in [-0.3, -0.25) is 9.69 Å². The molecule has 1 unspecified atom stereocenters. The Morgan fingerprint density at radius 1 is 1.50 bits per heavy atom. The van der Waals surface area contributed by atoms with Crippen LogP contribution in [0.2, 0.25) is 0 Å². The first-order chi connectivity index (χ1) is 9.64. The number of carbonyl (C=O) groups excluding carboxylic acids is 1. The number of nitrogens with zero attached hydrogens (tertiary/aromatic N) is 2. The van der Waals surface area contributed by atoms with Crippen molar-refractivity contribution in [1.29, 1.82) is 5.26 Å². The molecule has 1 aliphatic rings. The van der Waals surface area contributed by atoms with Gasteiger partial charge < -0.3 is 10.6 Å². The predicted molar refractivity (Wildman–Crippen MR) is 78.3 cm³/mol. The fourth-order valence-corrected chi connectivity index (χ4v) is 2.35. The Morgan fingerprint density at radius 2 is 2.25 bits per heavy atom. The van der Waals surface area contributed by atoms with Crippen molar-refractivity contribution in [3.05, 3.63) is 30.3 Å². The van der Waals surface area contributed by atoms with E-state index in [1.54, 1.807) is 0 Å². The molecular weight excluding hydrogens is 252 g/mol. The van der Waals surface area contributed by atoms with Crippen LogP contribution in [0.25, 0.3) is 0 Å². The fraction of sp³-hybridized carbons (Fsp3) is 0.467. The molecule has 1 aromatic carbocycles. The lowest BCUT2D eigenvalue weighted by Gasteiger charge is -2.26. The molecule has 1 fully saturated rings. The number of para-hydroxylation sites is 1. The number of benzene rings is 1. The molecule has 2 N–H and O–H groups in total. The number of hydrogen-bond donors (Lipinski definition) is 2. The summed E-state index contributed by atoms with van der Waals surface area (Å²) in [6.07, 6.45) is 1.00. The summed E-state index contributed by atoms with van der Waals surface area (Å²) < 4.78 is 0. The minimum atomic E-state index is -0.0779. The van der Waals surface area contributed by atoms with Crippen LogP contribution in [0.3, 0.4) is 0 Å². The first-order valence-electron chi connectivity index (χ1n) is 6.83. The van der Waals surface area contributed by atoms with Crippen molar-refractivity contribution in [3.63, 3.8) is 0 Å². The molecule has 0 bridgehead atoms. The number of rotatable bonds is 5. The van der Waals surface area contributed by atoms with Gasteiger partial charge in [0.2, 0.25) is 5.91 Å². The molecule has 0 saturated carbocycles. The highest BCUT2D eigenvalue weighted by Gasteiger charge is 2.29. The maximum atomic E-state index is 12.3. The lowest BCUT2D eigenvalue weighted by molar-refractivity contribution is -0.118. The Kier molecular flexibility index (Phi) is 4.72. The average molecular weight is 272 g/mol. The van der Waals surface area contributed by atoms with Crippen LogP contribution in [0.1, 0.15) is 13.3 Å². The van der Waals surface area contributed by atoms with Gasteiger partial charge in [0.25, 0.3) is 0 Å². The molecule has 1 amide bonds. The highest BCUT2D eigenvalue weighted by Crippen LogP contribution is 2.15. The van der Waals surface area contributed by atoms with Crippen LogP contribution < -0.4 is 15.5 Å². The van der Waals surface area contributed by atoms with Crippen molar-refractivity contribution in [3.8, 4) is 6.07 Å². The van der Waals surface area contributed by atoms with Crippen molar-refractivity contribution < 1.29 is 4.79 Å². The van der Waals surface area contributed by atoms with Gasteiger partial charge >= 0.3 is 0 Å². The third-order valence-electron chi connectivity index (χ3n) is 3.63. The third kappa shape index (κ3) is 3.56. The molecule has 2 rings (SSSR count). The van der Waals surface area contributed by atoms with Crippen molar-refractivity contribution in [2.45, 2.75) is 18.9 Å². The van der Waals surface area contributed by atoms with Crippen LogP contribution in [-0.4, -0.2) is 37.6 Å². The SMILES string of the molecule is CC1(NCC(=O)N(CC#N)c2ccccc2)CCNC1. The molecule has 0 aliphatic carbocycles. The van der Waals surface area contributed by atoms with E-state index in [-0.39, 0.29) is 24.5 Å². The largest absolute Gasteiger partial charge is 0.315 e. The number of amides is 1. The molecule has 0 radical (unpaired) electrons. The Labute approximate surface area is 119 Å². The quantitative estimate of drug-likeness (QED) is 0.781. The van der Waals surface area contributed by atoms with E-state index in [1.165, 1.54) is 4.90 Å². The minimum absolute atomic E-state index is 0.0370. The summed E-state index contributed by atoms with van der Waals surface area (Å²) in [5, 5.41) is 15.5. The highest BCUT2D eigenvalue weighted by molar-refractivity contribution is 5.95. The Hall–Kier alpha value is -1.90. The topological polar surface area (TPSA) is 68.2 Å². The van der Waals surface area contributed by atoms with E-state index < -0.39 is 0 Å². The van der Waals surface area contributed by atoms with Gasteiger partial charge in [-0.1, -0.05) is 18.2 Å². The maximum Gasteiger partial charge on any atom is 0.241 e. The standard InChI is InChI=1S/C15H20N4O/c1-15(7-9-17-12-15)18-11-14(20)19(10-8-16)13-5-3-2-4-6-13/h2-6,17-18H,7,9-12H2,1H3. The van der Waals surface area contributed by atoms with E-state index in [4.69, 9.17) is 5.26 Å². The molecule has 1 aromatic rings. The van der Waals surface area contributed by atoms with Gasteiger partial charge in [-0.15, -0.1) is 0 Å². The molecule has 106 valence electrons. The second-order valence-electron chi connectivity index (χ2n) is 5.31. The van der Waals surface area contributed by atoms with E-state index in [2.05, 4.69) is 17.6 Å². The van der Waals surface area contributed by atoms with Gasteiger partial charge in [-0.25, -0.2) is 0 Å². The lowest BCUT2D eigenvalue weighted by atomic mass is 10.0. The van der Waals surface area contributed by atoms with Gasteiger partial charge in [-0.05, 0) is 32.0 Å². The first kappa shape index (κ1) is 14.5. The van der Waals surface area contributed by atoms with E-state index in [0.29, 0.717) is 0 Å². The van der Waals surface area contributed by atoms with Crippen molar-refractivity contribution >= 4 is 11.6 Å². The van der Waals surface area contributed by atoms with Gasteiger partial charge in [-0.2, -0.15) is 5.26 Å². The smallest absolute Gasteiger partial charge is 0.241 e. The summed E-state index contributed by atoms with van der Waals surface area (Å²) in [6.45, 7) is 4.26. The van der Waals surface area contributed by atoms with Crippen LogP contribution in [0.5, 0.6) is 0 Å². The average Bonchev–Trinajstić information content (AvgIpc) is 2.90. The monoisotopic (exact) mass is 272 g/mol. The van der Waals surface area contributed by atoms with Crippen molar-refractivity contribution in [2.75, 3.05) is 31.1 Å². The summed E-state index contributed by atoms with van der Waals surface area (Å²) in [5.41, 5.74) is 0.723. The molecule has 5 heteroatoms. The minimum Gasteiger partial charge on any atom is -0.315 e. The van der Waals surface area contributed by atoms with Crippen LogP contribution in [0.15, 0.2) is 30.3 Å². The van der Waals surface area contributed by atoms with Crippen LogP contribution in [0.4, 0.5) is 5.69 Å². The van der Waals surface area contributed by atoms with E-state index in [0.717, 1.165) is 25.2 Å². The van der Waals surface area contributed by atoms with Crippen molar-refractivity contribution in [1.82, 2.24) is 10.6 Å². The number of carbonyl (C=O) groups is 1. The molecule has 20 heavy (non-hydrogen) atoms. The number of anilines is 1. The summed E-state index contributed by atoms with van der Waals surface area (Å²) in [4.78, 5) is 13.8. The second kappa shape index (κ2) is 6.51. The zero-order chi connectivity index (χ0) is 14.4. The molecule has 0 aromatic heterocycles. The van der Waals surface area contributed by atoms with Gasteiger partial charge in [0.05, 0.1) is 12.6 Å². The van der Waals surface area contributed by atoms with Gasteiger partial charge in [0.15, 0.2) is 0 Å². The normalized spacial score (nSPS) is 21.4. The molecule has 1 heterocycles. The molecule has 0 spiro atoms. The fourth-order valence-electron chi connectivity index (χ4n) is 2.35. The van der Waals surface area contributed by atoms with Gasteiger partial charge in [0.1, 0.15) is 6.54 Å². The van der Waals surface area contributed by atoms with E-state index in [9.17, 15) is 4.79 Å². The summed E-state index contributed by atoms with van der Waals surface area (Å²) >= 11 is 0. The second-order valence-corrected chi connectivity index (χ2v) is 5.31. The number of nitriles is 1. The number of hydrogen-bond acceptors (Lipinski definition) is 4. The lowest BCUT2D eigenvalue weighted by Crippen LogP contribution is -2.49. The Morgan fingerprint density at radius 3 is 2.85 bits per heavy atom. The molecular formula is C15H20N4O. The molecule has 1 atom stereocenters. The summed E-state index contributed by atoms with van der Waals surface area (Å²) in [7, 11) is 0. The predicted octanol–water partition coefficient (Wildman–Crippen LogP) is 0.885. The third-order valence-corrected chi connectivity index (χ3v) is 3.63. The Bertz CT molecular complexity index is 488. The zero-order valence-corrected chi connectivity index (χ0v) is 11.7. The molecule has 5 nitrogen and oxygen atoms in total. The van der Waals surface area contributed by atoms with E-state index >= 15 is 0 Å². The van der Waals surface area contributed by atoms with Crippen LogP contribution in [-0.2, 0) is 4.79 Å². The Balaban J connectivity index is 1.99. The maximum absolute atomic E-state index is 12.3. The van der Waals surface area contributed by atoms with Crippen molar-refractivity contribution in [2.24, 2.45) is 0 Å². The first-order valence-corrected chi connectivity index (χ1v) is 6.83. The number of nitrogens with one attached hydrogen (secondary N) is 2. The highest BCUT2D eigenvalue weighted by atomic mass is 16.2. The van der Waals surface area contributed by atoms with Crippen LogP contribution in [0, 0.1) is 11.3 Å².